The number of fused-ring (bicyclic) bond motifs is 2. The molecule has 4 aromatic rings. The lowest BCUT2D eigenvalue weighted by Gasteiger charge is -2.32. The van der Waals surface area contributed by atoms with Gasteiger partial charge in [0.2, 0.25) is 0 Å². The van der Waals surface area contributed by atoms with Crippen LogP contribution in [-0.2, 0) is 19.1 Å². The number of amides is 1. The number of halogens is 3. The fraction of sp³-hybridized carbons (Fsp3) is 0.222. The summed E-state index contributed by atoms with van der Waals surface area (Å²) in [6.45, 7) is 1.74. The van der Waals surface area contributed by atoms with Crippen molar-refractivity contribution in [2.45, 2.75) is 38.2 Å². The molecule has 0 saturated heterocycles. The highest BCUT2D eigenvalue weighted by molar-refractivity contribution is 5.98. The van der Waals surface area contributed by atoms with Crippen LogP contribution in [0.3, 0.4) is 0 Å². The van der Waals surface area contributed by atoms with E-state index in [0.29, 0.717) is 23.3 Å². The number of hydrogen-bond donors (Lipinski definition) is 2. The average molecular weight is 493 g/mol. The number of anilines is 1. The lowest BCUT2D eigenvalue weighted by molar-refractivity contribution is -0.137. The van der Waals surface area contributed by atoms with E-state index in [9.17, 15) is 23.1 Å². The van der Waals surface area contributed by atoms with E-state index in [0.717, 1.165) is 34.3 Å². The molecule has 0 aliphatic heterocycles. The fourth-order valence-corrected chi connectivity index (χ4v) is 4.68. The van der Waals surface area contributed by atoms with Crippen LogP contribution in [0.1, 0.15) is 44.3 Å². The molecule has 2 atom stereocenters. The van der Waals surface area contributed by atoms with Gasteiger partial charge < -0.3 is 15.7 Å². The van der Waals surface area contributed by atoms with Crippen LogP contribution in [0.5, 0.6) is 0 Å². The molecule has 2 heterocycles. The van der Waals surface area contributed by atoms with Crippen LogP contribution in [0.15, 0.2) is 66.9 Å². The van der Waals surface area contributed by atoms with Crippen molar-refractivity contribution in [1.29, 1.82) is 0 Å². The minimum atomic E-state index is -4.51. The molecule has 1 aliphatic rings. The van der Waals surface area contributed by atoms with Crippen molar-refractivity contribution < 1.29 is 23.1 Å². The maximum atomic E-state index is 13.9. The summed E-state index contributed by atoms with van der Waals surface area (Å²) in [6.07, 6.45) is -4.26. The van der Waals surface area contributed by atoms with E-state index in [4.69, 9.17) is 5.73 Å². The van der Waals surface area contributed by atoms with Crippen molar-refractivity contribution >= 4 is 22.6 Å². The van der Waals surface area contributed by atoms with Gasteiger partial charge in [0.25, 0.3) is 5.91 Å². The Labute approximate surface area is 205 Å². The smallest absolute Gasteiger partial charge is 0.390 e. The summed E-state index contributed by atoms with van der Waals surface area (Å²) in [5.41, 5.74) is 8.81. The number of hydrogen-bond acceptors (Lipinski definition) is 5. The SMILES string of the molecule is Cc1cc2cc(C(=O)N(Cc3ccc(C(F)(F)F)cn3)[C@@H]3c4ccccc4C[C@H]3O)ccc2nc1N. The third-order valence-electron chi connectivity index (χ3n) is 6.54. The molecule has 0 unspecified atom stereocenters. The molecule has 5 rings (SSSR count). The number of nitrogens with zero attached hydrogens (tertiary/aromatic N) is 3. The van der Waals surface area contributed by atoms with E-state index in [-0.39, 0.29) is 18.1 Å². The molecule has 6 nitrogen and oxygen atoms in total. The van der Waals surface area contributed by atoms with Gasteiger partial charge in [-0.3, -0.25) is 9.78 Å². The van der Waals surface area contributed by atoms with Crippen LogP contribution in [0.25, 0.3) is 10.9 Å². The molecular weight excluding hydrogens is 469 g/mol. The number of pyridine rings is 2. The summed E-state index contributed by atoms with van der Waals surface area (Å²) < 4.78 is 39.1. The Morgan fingerprint density at radius 3 is 2.64 bits per heavy atom. The largest absolute Gasteiger partial charge is 0.417 e. The molecule has 0 saturated carbocycles. The monoisotopic (exact) mass is 492 g/mol. The summed E-state index contributed by atoms with van der Waals surface area (Å²) in [7, 11) is 0. The van der Waals surface area contributed by atoms with Gasteiger partial charge in [-0.15, -0.1) is 0 Å². The number of nitrogens with two attached hydrogens (primary N) is 1. The van der Waals surface area contributed by atoms with Crippen molar-refractivity contribution in [3.8, 4) is 0 Å². The number of alkyl halides is 3. The van der Waals surface area contributed by atoms with Crippen molar-refractivity contribution in [1.82, 2.24) is 14.9 Å². The first kappa shape index (κ1) is 23.7. The van der Waals surface area contributed by atoms with Gasteiger partial charge >= 0.3 is 6.18 Å². The molecule has 1 aliphatic carbocycles. The molecule has 36 heavy (non-hydrogen) atoms. The van der Waals surface area contributed by atoms with Gasteiger partial charge in [-0.2, -0.15) is 13.2 Å². The van der Waals surface area contributed by atoms with E-state index in [1.165, 1.54) is 11.0 Å². The Balaban J connectivity index is 1.55. The zero-order valence-corrected chi connectivity index (χ0v) is 19.3. The highest BCUT2D eigenvalue weighted by Gasteiger charge is 2.38. The van der Waals surface area contributed by atoms with Gasteiger partial charge in [0.15, 0.2) is 0 Å². The number of carbonyl (C=O) groups is 1. The molecular formula is C27H23F3N4O2. The van der Waals surface area contributed by atoms with E-state index in [2.05, 4.69) is 9.97 Å². The highest BCUT2D eigenvalue weighted by atomic mass is 19.4. The molecule has 0 radical (unpaired) electrons. The summed E-state index contributed by atoms with van der Waals surface area (Å²) >= 11 is 0. The number of carbonyl (C=O) groups excluding carboxylic acids is 1. The van der Waals surface area contributed by atoms with Gasteiger partial charge in [0.05, 0.1) is 35.5 Å². The lowest BCUT2D eigenvalue weighted by Crippen LogP contribution is -2.39. The molecule has 0 bridgehead atoms. The summed E-state index contributed by atoms with van der Waals surface area (Å²) in [5.74, 6) is 0.0242. The molecule has 0 spiro atoms. The summed E-state index contributed by atoms with van der Waals surface area (Å²) in [6, 6.07) is 15.8. The third-order valence-corrected chi connectivity index (χ3v) is 6.54. The predicted molar refractivity (Wildman–Crippen MR) is 129 cm³/mol. The van der Waals surface area contributed by atoms with Crippen LogP contribution in [0.4, 0.5) is 19.0 Å². The van der Waals surface area contributed by atoms with Crippen molar-refractivity contribution in [2.24, 2.45) is 0 Å². The minimum Gasteiger partial charge on any atom is -0.390 e. The number of aliphatic hydroxyl groups excluding tert-OH is 1. The van der Waals surface area contributed by atoms with Crippen LogP contribution in [0, 0.1) is 6.92 Å². The van der Waals surface area contributed by atoms with Gasteiger partial charge in [0, 0.05) is 23.6 Å². The predicted octanol–water partition coefficient (Wildman–Crippen LogP) is 4.84. The number of aromatic nitrogens is 2. The molecule has 2 aromatic carbocycles. The Morgan fingerprint density at radius 1 is 1.14 bits per heavy atom. The molecule has 1 amide bonds. The normalized spacial score (nSPS) is 17.2. The Morgan fingerprint density at radius 2 is 1.92 bits per heavy atom. The summed E-state index contributed by atoms with van der Waals surface area (Å²) in [5, 5.41) is 11.7. The number of benzene rings is 2. The van der Waals surface area contributed by atoms with Crippen molar-refractivity contribution in [2.75, 3.05) is 5.73 Å². The maximum absolute atomic E-state index is 13.9. The van der Waals surface area contributed by atoms with Crippen LogP contribution >= 0.6 is 0 Å². The van der Waals surface area contributed by atoms with Crippen LogP contribution in [-0.4, -0.2) is 32.0 Å². The van der Waals surface area contributed by atoms with Gasteiger partial charge in [-0.1, -0.05) is 24.3 Å². The third kappa shape index (κ3) is 4.37. The minimum absolute atomic E-state index is 0.0793. The van der Waals surface area contributed by atoms with Crippen LogP contribution < -0.4 is 5.73 Å². The standard InChI is InChI=1S/C27H23F3N4O2/c1-15-10-18-11-17(6-9-22(18)33-25(15)31)26(36)34(14-20-8-7-19(13-32-20)27(28,29)30)24-21-5-3-2-4-16(21)12-23(24)35/h2-11,13,23-24,35H,12,14H2,1H3,(H2,31,33)/t23-,24-/m1/s1. The van der Waals surface area contributed by atoms with Gasteiger partial charge in [-0.05, 0) is 60.0 Å². The second kappa shape index (κ2) is 8.91. The maximum Gasteiger partial charge on any atom is 0.417 e. The number of aryl methyl sites for hydroxylation is 1. The highest BCUT2D eigenvalue weighted by Crippen LogP contribution is 2.38. The molecule has 184 valence electrons. The first-order chi connectivity index (χ1) is 17.1. The number of nitrogen functional groups attached to an aromatic ring is 1. The van der Waals surface area contributed by atoms with Crippen molar-refractivity contribution in [3.63, 3.8) is 0 Å². The van der Waals surface area contributed by atoms with Crippen LogP contribution in [0.2, 0.25) is 0 Å². The molecule has 0 fully saturated rings. The molecule has 3 N–H and O–H groups in total. The quantitative estimate of drug-likeness (QED) is 0.425. The summed E-state index contributed by atoms with van der Waals surface area (Å²) in [4.78, 5) is 23.7. The zero-order valence-electron chi connectivity index (χ0n) is 19.3. The molecule has 9 heteroatoms. The first-order valence-electron chi connectivity index (χ1n) is 11.4. The molecule has 2 aromatic heterocycles. The van der Waals surface area contributed by atoms with Crippen molar-refractivity contribution in [3.05, 3.63) is 100 Å². The number of aliphatic hydroxyl groups is 1. The topological polar surface area (TPSA) is 92.3 Å². The Kier molecular flexibility index (Phi) is 5.88. The lowest BCUT2D eigenvalue weighted by atomic mass is 10.0. The second-order valence-corrected chi connectivity index (χ2v) is 8.98. The fourth-order valence-electron chi connectivity index (χ4n) is 4.68. The average Bonchev–Trinajstić information content (AvgIpc) is 3.18. The second-order valence-electron chi connectivity index (χ2n) is 8.98. The zero-order chi connectivity index (χ0) is 25.6. The van der Waals surface area contributed by atoms with E-state index >= 15 is 0 Å². The van der Waals surface area contributed by atoms with Gasteiger partial charge in [0.1, 0.15) is 5.82 Å². The van der Waals surface area contributed by atoms with E-state index < -0.39 is 23.9 Å². The van der Waals surface area contributed by atoms with E-state index in [1.54, 1.807) is 18.2 Å². The van der Waals surface area contributed by atoms with Gasteiger partial charge in [-0.25, -0.2) is 4.98 Å². The Hall–Kier alpha value is -3.98. The van der Waals surface area contributed by atoms with E-state index in [1.807, 2.05) is 37.3 Å². The first-order valence-corrected chi connectivity index (χ1v) is 11.4. The Bertz CT molecular complexity index is 1450. The number of rotatable bonds is 4.